The fraction of sp³-hybridized carbons (Fsp3) is 0.560. The maximum absolute atomic E-state index is 12.9. The molecule has 0 unspecified atom stereocenters. The minimum Gasteiger partial charge on any atom is -0.374 e. The van der Waals surface area contributed by atoms with Crippen LogP contribution in [0, 0.1) is 5.92 Å². The van der Waals surface area contributed by atoms with Crippen molar-refractivity contribution in [1.29, 1.82) is 0 Å². The molecule has 1 aromatic carbocycles. The normalized spacial score (nSPS) is 25.3. The van der Waals surface area contributed by atoms with Crippen molar-refractivity contribution in [2.45, 2.75) is 50.2 Å². The number of likely N-dealkylation sites (tertiary alicyclic amines) is 1. The highest BCUT2D eigenvalue weighted by molar-refractivity contribution is 7.88. The molecule has 36 heavy (non-hydrogen) atoms. The topological polar surface area (TPSA) is 106 Å². The molecule has 1 aliphatic heterocycles. The summed E-state index contributed by atoms with van der Waals surface area (Å²) in [5.74, 6) is 0.887. The molecule has 0 bridgehead atoms. The van der Waals surface area contributed by atoms with Gasteiger partial charge in [0.05, 0.1) is 41.8 Å². The maximum Gasteiger partial charge on any atom is 0.265 e. The summed E-state index contributed by atoms with van der Waals surface area (Å²) in [5.41, 5.74) is 4.16. The first kappa shape index (κ1) is 25.3. The van der Waals surface area contributed by atoms with Crippen molar-refractivity contribution in [3.8, 4) is 0 Å². The lowest BCUT2D eigenvalue weighted by atomic mass is 9.79. The van der Waals surface area contributed by atoms with Gasteiger partial charge in [-0.2, -0.15) is 5.10 Å². The summed E-state index contributed by atoms with van der Waals surface area (Å²) < 4.78 is 34.9. The average Bonchev–Trinajstić information content (AvgIpc) is 3.53. The van der Waals surface area contributed by atoms with Crippen molar-refractivity contribution < 1.29 is 17.9 Å². The van der Waals surface area contributed by atoms with Crippen molar-refractivity contribution >= 4 is 38.2 Å². The molecule has 1 N–H and O–H groups in total. The number of nitrogens with one attached hydrogen (secondary N) is 1. The van der Waals surface area contributed by atoms with E-state index >= 15 is 0 Å². The van der Waals surface area contributed by atoms with E-state index in [9.17, 15) is 13.2 Å². The van der Waals surface area contributed by atoms with Gasteiger partial charge in [-0.15, -0.1) is 11.3 Å². The van der Waals surface area contributed by atoms with E-state index in [0.717, 1.165) is 31.2 Å². The van der Waals surface area contributed by atoms with E-state index in [1.807, 2.05) is 17.9 Å². The summed E-state index contributed by atoms with van der Waals surface area (Å²) in [7, 11) is -1.42. The van der Waals surface area contributed by atoms with Gasteiger partial charge in [-0.1, -0.05) is 6.07 Å². The van der Waals surface area contributed by atoms with E-state index in [-0.39, 0.29) is 18.1 Å². The van der Waals surface area contributed by atoms with Crippen molar-refractivity contribution in [1.82, 2.24) is 24.4 Å². The Labute approximate surface area is 215 Å². The Hall–Kier alpha value is -2.34. The molecule has 11 heteroatoms. The summed E-state index contributed by atoms with van der Waals surface area (Å²) >= 11 is 1.31. The van der Waals surface area contributed by atoms with Gasteiger partial charge in [-0.3, -0.25) is 14.5 Å². The van der Waals surface area contributed by atoms with Gasteiger partial charge in [0.25, 0.3) is 5.91 Å². The Morgan fingerprint density at radius 2 is 2.00 bits per heavy atom. The highest BCUT2D eigenvalue weighted by Gasteiger charge is 2.35. The summed E-state index contributed by atoms with van der Waals surface area (Å²) in [6.07, 6.45) is 9.15. The second-order valence-electron chi connectivity index (χ2n) is 10.1. The maximum atomic E-state index is 12.9. The van der Waals surface area contributed by atoms with Gasteiger partial charge in [-0.05, 0) is 61.6 Å². The number of fused-ring (bicyclic) bond motifs is 1. The Balaban J connectivity index is 1.18. The molecular weight excluding hydrogens is 498 g/mol. The first-order valence-corrected chi connectivity index (χ1v) is 15.2. The van der Waals surface area contributed by atoms with E-state index in [0.29, 0.717) is 42.8 Å². The van der Waals surface area contributed by atoms with Gasteiger partial charge in [-0.25, -0.2) is 13.1 Å². The number of ether oxygens (including phenoxy) is 1. The highest BCUT2D eigenvalue weighted by Crippen LogP contribution is 2.37. The van der Waals surface area contributed by atoms with Crippen LogP contribution in [0.5, 0.6) is 0 Å². The SMILES string of the molecule is Cn1ncc2cc(C3CCC(CO[C@@H]4CN(C(=O)c5cncs5)CC[C@@H]4NS(C)(=O)=O)CC3)ccc21. The van der Waals surface area contributed by atoms with Crippen molar-refractivity contribution in [3.05, 3.63) is 46.5 Å². The van der Waals surface area contributed by atoms with E-state index in [4.69, 9.17) is 4.74 Å². The van der Waals surface area contributed by atoms with Gasteiger partial charge in [0, 0.05) is 32.1 Å². The van der Waals surface area contributed by atoms with Gasteiger partial charge in [0.2, 0.25) is 10.0 Å². The largest absolute Gasteiger partial charge is 0.374 e. The molecule has 9 nitrogen and oxygen atoms in total. The molecule has 2 aliphatic rings. The van der Waals surface area contributed by atoms with Crippen molar-refractivity contribution in [3.63, 3.8) is 0 Å². The quantitative estimate of drug-likeness (QED) is 0.502. The zero-order valence-electron chi connectivity index (χ0n) is 20.7. The van der Waals surface area contributed by atoms with Crippen LogP contribution >= 0.6 is 11.3 Å². The molecular formula is C25H33N5O4S2. The number of benzene rings is 1. The van der Waals surface area contributed by atoms with E-state index in [1.54, 1.807) is 16.6 Å². The first-order chi connectivity index (χ1) is 17.3. The van der Waals surface area contributed by atoms with Crippen LogP contribution in [0.3, 0.4) is 0 Å². The lowest BCUT2D eigenvalue weighted by Crippen LogP contribution is -2.56. The monoisotopic (exact) mass is 531 g/mol. The lowest BCUT2D eigenvalue weighted by molar-refractivity contribution is -0.0310. The van der Waals surface area contributed by atoms with Crippen LogP contribution in [0.15, 0.2) is 36.1 Å². The number of sulfonamides is 1. The fourth-order valence-electron chi connectivity index (χ4n) is 5.52. The third kappa shape index (κ3) is 5.80. The molecule has 2 fully saturated rings. The Morgan fingerprint density at radius 1 is 1.19 bits per heavy atom. The fourth-order valence-corrected chi connectivity index (χ4v) is 6.92. The van der Waals surface area contributed by atoms with Gasteiger partial charge in [0.1, 0.15) is 4.88 Å². The molecule has 1 amide bonds. The Kier molecular flexibility index (Phi) is 7.43. The zero-order chi connectivity index (χ0) is 25.3. The Bertz CT molecular complexity index is 1300. The van der Waals surface area contributed by atoms with Crippen LogP contribution < -0.4 is 4.72 Å². The first-order valence-electron chi connectivity index (χ1n) is 12.4. The number of carbonyl (C=O) groups is 1. The third-order valence-corrected chi connectivity index (χ3v) is 8.98. The lowest BCUT2D eigenvalue weighted by Gasteiger charge is -2.39. The van der Waals surface area contributed by atoms with Crippen LogP contribution in [0.4, 0.5) is 0 Å². The highest BCUT2D eigenvalue weighted by atomic mass is 32.2. The standard InChI is InChI=1S/C25H33N5O4S2/c1-29-22-8-7-19(11-20(22)12-27-29)18-5-3-17(4-6-18)15-34-23-14-30(25(31)24-13-26-16-35-24)10-9-21(23)28-36(2,32)33/h7-8,11-13,16-18,21,23,28H,3-6,9-10,14-15H2,1-2H3/t17?,18?,21-,23+/m0/s1. The number of hydrogen-bond donors (Lipinski definition) is 1. The number of rotatable bonds is 7. The number of thiazole rings is 1. The molecule has 2 atom stereocenters. The number of amides is 1. The Morgan fingerprint density at radius 3 is 2.72 bits per heavy atom. The molecule has 1 aliphatic carbocycles. The van der Waals surface area contributed by atoms with Crippen LogP contribution in [-0.2, 0) is 21.8 Å². The second-order valence-corrected chi connectivity index (χ2v) is 12.7. The molecule has 194 valence electrons. The van der Waals surface area contributed by atoms with Crippen molar-refractivity contribution in [2.24, 2.45) is 13.0 Å². The van der Waals surface area contributed by atoms with Gasteiger partial charge < -0.3 is 9.64 Å². The second kappa shape index (κ2) is 10.6. The molecule has 1 saturated carbocycles. The molecule has 3 aromatic rings. The number of carbonyl (C=O) groups excluding carboxylic acids is 1. The zero-order valence-corrected chi connectivity index (χ0v) is 22.3. The van der Waals surface area contributed by atoms with E-state index in [2.05, 4.69) is 33.0 Å². The minimum absolute atomic E-state index is 0.0741. The van der Waals surface area contributed by atoms with Crippen LogP contribution in [0.2, 0.25) is 0 Å². The molecule has 0 spiro atoms. The van der Waals surface area contributed by atoms with Gasteiger partial charge >= 0.3 is 0 Å². The number of hydrogen-bond acceptors (Lipinski definition) is 7. The predicted octanol–water partition coefficient (Wildman–Crippen LogP) is 3.15. The molecule has 2 aromatic heterocycles. The van der Waals surface area contributed by atoms with Crippen LogP contribution in [0.1, 0.15) is 53.3 Å². The van der Waals surface area contributed by atoms with E-state index < -0.39 is 10.0 Å². The van der Waals surface area contributed by atoms with Crippen LogP contribution in [0.25, 0.3) is 10.9 Å². The number of piperidine rings is 1. The predicted molar refractivity (Wildman–Crippen MR) is 140 cm³/mol. The molecule has 3 heterocycles. The molecule has 0 radical (unpaired) electrons. The summed E-state index contributed by atoms with van der Waals surface area (Å²) in [5, 5.41) is 5.53. The van der Waals surface area contributed by atoms with Crippen molar-refractivity contribution in [2.75, 3.05) is 26.0 Å². The third-order valence-electron chi connectivity index (χ3n) is 7.49. The molecule has 5 rings (SSSR count). The smallest absolute Gasteiger partial charge is 0.265 e. The van der Waals surface area contributed by atoms with Crippen LogP contribution in [-0.4, -0.2) is 72.1 Å². The van der Waals surface area contributed by atoms with Gasteiger partial charge in [0.15, 0.2) is 0 Å². The summed E-state index contributed by atoms with van der Waals surface area (Å²) in [4.78, 5) is 19.2. The average molecular weight is 532 g/mol. The summed E-state index contributed by atoms with van der Waals surface area (Å²) in [6, 6.07) is 6.31. The number of aryl methyl sites for hydroxylation is 1. The number of nitrogens with zero attached hydrogens (tertiary/aromatic N) is 4. The summed E-state index contributed by atoms with van der Waals surface area (Å²) in [6.45, 7) is 1.42. The molecule has 1 saturated heterocycles. The minimum atomic E-state index is -3.38. The van der Waals surface area contributed by atoms with E-state index in [1.165, 1.54) is 28.5 Å². The number of aromatic nitrogens is 3.